The summed E-state index contributed by atoms with van der Waals surface area (Å²) in [5.74, 6) is -0.763. The molecule has 0 aromatic heterocycles. The Morgan fingerprint density at radius 1 is 1.47 bits per heavy atom. The standard InChI is InChI=1S/C11H12O4/c1-3-8(11(13)14)7-4-5-9(12)10(6-7)15-2/h3-6,12H,1-2H3,(H,13,14). The normalized spacial score (nSPS) is 11.2. The van der Waals surface area contributed by atoms with Crippen molar-refractivity contribution in [1.29, 1.82) is 0 Å². The van der Waals surface area contributed by atoms with Crippen LogP contribution in [-0.2, 0) is 4.79 Å². The van der Waals surface area contributed by atoms with Gasteiger partial charge in [-0.05, 0) is 24.6 Å². The molecular formula is C11H12O4. The molecule has 1 aromatic carbocycles. The van der Waals surface area contributed by atoms with E-state index in [2.05, 4.69) is 0 Å². The summed E-state index contributed by atoms with van der Waals surface area (Å²) in [5.41, 5.74) is 0.674. The first kappa shape index (κ1) is 11.1. The van der Waals surface area contributed by atoms with Crippen LogP contribution in [0.1, 0.15) is 12.5 Å². The van der Waals surface area contributed by atoms with Crippen LogP contribution in [0, 0.1) is 0 Å². The van der Waals surface area contributed by atoms with E-state index < -0.39 is 5.97 Å². The molecule has 0 aliphatic rings. The van der Waals surface area contributed by atoms with Crippen molar-refractivity contribution in [2.45, 2.75) is 6.92 Å². The number of aliphatic carboxylic acids is 1. The highest BCUT2D eigenvalue weighted by Gasteiger charge is 2.11. The minimum atomic E-state index is -1.01. The number of phenolic OH excluding ortho intramolecular Hbond substituents is 1. The lowest BCUT2D eigenvalue weighted by Gasteiger charge is -2.06. The number of allylic oxidation sites excluding steroid dienone is 1. The predicted octanol–water partition coefficient (Wildman–Crippen LogP) is 1.89. The average molecular weight is 208 g/mol. The Morgan fingerprint density at radius 3 is 2.60 bits per heavy atom. The third-order valence-electron chi connectivity index (χ3n) is 2.01. The number of hydrogen-bond acceptors (Lipinski definition) is 3. The van der Waals surface area contributed by atoms with Crippen molar-refractivity contribution >= 4 is 11.5 Å². The van der Waals surface area contributed by atoms with E-state index >= 15 is 0 Å². The van der Waals surface area contributed by atoms with Gasteiger partial charge in [0.15, 0.2) is 11.5 Å². The molecule has 0 heterocycles. The summed E-state index contributed by atoms with van der Waals surface area (Å²) in [7, 11) is 1.41. The highest BCUT2D eigenvalue weighted by atomic mass is 16.5. The van der Waals surface area contributed by atoms with Gasteiger partial charge in [0.05, 0.1) is 12.7 Å². The molecule has 0 aliphatic carbocycles. The maximum absolute atomic E-state index is 10.8. The zero-order valence-electron chi connectivity index (χ0n) is 8.52. The smallest absolute Gasteiger partial charge is 0.335 e. The number of ether oxygens (including phenoxy) is 1. The lowest BCUT2D eigenvalue weighted by molar-refractivity contribution is -0.130. The van der Waals surface area contributed by atoms with Crippen LogP contribution in [0.2, 0.25) is 0 Å². The van der Waals surface area contributed by atoms with Gasteiger partial charge in [0.1, 0.15) is 0 Å². The van der Waals surface area contributed by atoms with Crippen LogP contribution in [0.5, 0.6) is 11.5 Å². The molecule has 1 rings (SSSR count). The lowest BCUT2D eigenvalue weighted by atomic mass is 10.1. The maximum atomic E-state index is 10.8. The zero-order chi connectivity index (χ0) is 11.4. The minimum absolute atomic E-state index is 0.0120. The summed E-state index contributed by atoms with van der Waals surface area (Å²) >= 11 is 0. The van der Waals surface area contributed by atoms with E-state index in [4.69, 9.17) is 9.84 Å². The highest BCUT2D eigenvalue weighted by Crippen LogP contribution is 2.29. The number of rotatable bonds is 3. The number of benzene rings is 1. The fourth-order valence-corrected chi connectivity index (χ4v) is 1.26. The molecule has 0 aliphatic heterocycles. The number of aromatic hydroxyl groups is 1. The van der Waals surface area contributed by atoms with Gasteiger partial charge in [-0.15, -0.1) is 0 Å². The number of carbonyl (C=O) groups is 1. The number of carboxylic acids is 1. The summed E-state index contributed by atoms with van der Waals surface area (Å²) in [6, 6.07) is 4.42. The van der Waals surface area contributed by atoms with Crippen molar-refractivity contribution in [3.8, 4) is 11.5 Å². The molecule has 0 bridgehead atoms. The van der Waals surface area contributed by atoms with Crippen LogP contribution >= 0.6 is 0 Å². The van der Waals surface area contributed by atoms with Crippen molar-refractivity contribution < 1.29 is 19.7 Å². The first-order valence-electron chi connectivity index (χ1n) is 4.37. The maximum Gasteiger partial charge on any atom is 0.335 e. The minimum Gasteiger partial charge on any atom is -0.504 e. The van der Waals surface area contributed by atoms with Gasteiger partial charge in [0.2, 0.25) is 0 Å². The monoisotopic (exact) mass is 208 g/mol. The Kier molecular flexibility index (Phi) is 3.33. The SMILES string of the molecule is CC=C(C(=O)O)c1ccc(O)c(OC)c1. The summed E-state index contributed by atoms with van der Waals surface area (Å²) in [4.78, 5) is 10.8. The van der Waals surface area contributed by atoms with E-state index in [-0.39, 0.29) is 17.1 Å². The van der Waals surface area contributed by atoms with Gasteiger partial charge >= 0.3 is 5.97 Å². The van der Waals surface area contributed by atoms with Gasteiger partial charge in [-0.3, -0.25) is 0 Å². The molecular weight excluding hydrogens is 196 g/mol. The molecule has 0 atom stereocenters. The second-order valence-corrected chi connectivity index (χ2v) is 2.89. The molecule has 80 valence electrons. The van der Waals surface area contributed by atoms with E-state index in [1.807, 2.05) is 0 Å². The topological polar surface area (TPSA) is 66.8 Å². The van der Waals surface area contributed by atoms with E-state index in [1.54, 1.807) is 6.92 Å². The molecule has 15 heavy (non-hydrogen) atoms. The fourth-order valence-electron chi connectivity index (χ4n) is 1.26. The van der Waals surface area contributed by atoms with Crippen LogP contribution in [0.3, 0.4) is 0 Å². The molecule has 4 heteroatoms. The molecule has 0 spiro atoms. The van der Waals surface area contributed by atoms with Crippen molar-refractivity contribution in [1.82, 2.24) is 0 Å². The lowest BCUT2D eigenvalue weighted by Crippen LogP contribution is -1.99. The molecule has 0 radical (unpaired) electrons. The van der Waals surface area contributed by atoms with Crippen molar-refractivity contribution in [2.24, 2.45) is 0 Å². The second-order valence-electron chi connectivity index (χ2n) is 2.89. The van der Waals surface area contributed by atoms with E-state index in [0.717, 1.165) is 0 Å². The van der Waals surface area contributed by atoms with Crippen LogP contribution < -0.4 is 4.74 Å². The van der Waals surface area contributed by atoms with Crippen LogP contribution in [0.25, 0.3) is 5.57 Å². The quantitative estimate of drug-likeness (QED) is 0.744. The van der Waals surface area contributed by atoms with Crippen LogP contribution in [0.15, 0.2) is 24.3 Å². The summed E-state index contributed by atoms with van der Waals surface area (Å²) in [6.07, 6.45) is 1.49. The highest BCUT2D eigenvalue weighted by molar-refractivity contribution is 6.15. The number of phenols is 1. The van der Waals surface area contributed by atoms with Gasteiger partial charge in [0.25, 0.3) is 0 Å². The Morgan fingerprint density at radius 2 is 2.13 bits per heavy atom. The number of carboxylic acid groups (broad SMARTS) is 1. The molecule has 4 nitrogen and oxygen atoms in total. The van der Waals surface area contributed by atoms with Gasteiger partial charge in [0, 0.05) is 0 Å². The van der Waals surface area contributed by atoms with Crippen molar-refractivity contribution in [3.63, 3.8) is 0 Å². The van der Waals surface area contributed by atoms with Gasteiger partial charge in [-0.1, -0.05) is 12.1 Å². The Labute approximate surface area is 87.4 Å². The molecule has 0 amide bonds. The van der Waals surface area contributed by atoms with E-state index in [0.29, 0.717) is 5.56 Å². The molecule has 0 fully saturated rings. The van der Waals surface area contributed by atoms with Crippen LogP contribution in [-0.4, -0.2) is 23.3 Å². The molecule has 0 saturated heterocycles. The summed E-state index contributed by atoms with van der Waals surface area (Å²) in [6.45, 7) is 1.64. The van der Waals surface area contributed by atoms with E-state index in [1.165, 1.54) is 31.4 Å². The number of methoxy groups -OCH3 is 1. The first-order valence-corrected chi connectivity index (χ1v) is 4.37. The summed E-state index contributed by atoms with van der Waals surface area (Å²) in [5, 5.41) is 18.2. The van der Waals surface area contributed by atoms with Gasteiger partial charge < -0.3 is 14.9 Å². The predicted molar refractivity (Wildman–Crippen MR) is 55.9 cm³/mol. The third-order valence-corrected chi connectivity index (χ3v) is 2.01. The fraction of sp³-hybridized carbons (Fsp3) is 0.182. The van der Waals surface area contributed by atoms with E-state index in [9.17, 15) is 9.90 Å². The largest absolute Gasteiger partial charge is 0.504 e. The second kappa shape index (κ2) is 4.50. The Balaban J connectivity index is 3.21. The number of hydrogen-bond donors (Lipinski definition) is 2. The van der Waals surface area contributed by atoms with Crippen molar-refractivity contribution in [2.75, 3.05) is 7.11 Å². The van der Waals surface area contributed by atoms with Crippen molar-refractivity contribution in [3.05, 3.63) is 29.8 Å². The Hall–Kier alpha value is -1.97. The van der Waals surface area contributed by atoms with Crippen LogP contribution in [0.4, 0.5) is 0 Å². The first-order chi connectivity index (χ1) is 7.10. The molecule has 1 aromatic rings. The van der Waals surface area contributed by atoms with Gasteiger partial charge in [-0.25, -0.2) is 4.79 Å². The average Bonchev–Trinajstić information content (AvgIpc) is 2.21. The summed E-state index contributed by atoms with van der Waals surface area (Å²) < 4.78 is 4.89. The zero-order valence-corrected chi connectivity index (χ0v) is 8.52. The molecule has 2 N–H and O–H groups in total. The Bertz CT molecular complexity index is 407. The van der Waals surface area contributed by atoms with Gasteiger partial charge in [-0.2, -0.15) is 0 Å². The molecule has 0 saturated carbocycles. The third kappa shape index (κ3) is 2.28. The molecule has 0 unspecified atom stereocenters.